The SMILES string of the molecule is COc1ccc2nc(CN3CCN(S(=O)(=O)c4c(C)cc(C)cc4C)CC3)[nH]c2c1. The molecule has 0 saturated carbocycles. The second-order valence-electron chi connectivity index (χ2n) is 7.97. The molecule has 0 aliphatic carbocycles. The van der Waals surface area contributed by atoms with Crippen molar-refractivity contribution in [3.8, 4) is 5.75 Å². The molecule has 1 fully saturated rings. The van der Waals surface area contributed by atoms with Crippen molar-refractivity contribution in [3.05, 3.63) is 52.8 Å². The summed E-state index contributed by atoms with van der Waals surface area (Å²) in [6.45, 7) is 8.69. The Balaban J connectivity index is 1.45. The highest BCUT2D eigenvalue weighted by molar-refractivity contribution is 7.89. The smallest absolute Gasteiger partial charge is 0.243 e. The maximum absolute atomic E-state index is 13.3. The minimum atomic E-state index is -3.50. The summed E-state index contributed by atoms with van der Waals surface area (Å²) in [6, 6.07) is 9.64. The van der Waals surface area contributed by atoms with Crippen LogP contribution in [-0.4, -0.2) is 60.9 Å². The molecule has 160 valence electrons. The van der Waals surface area contributed by atoms with Gasteiger partial charge in [0.25, 0.3) is 0 Å². The minimum absolute atomic E-state index is 0.452. The first-order chi connectivity index (χ1) is 14.3. The number of nitrogens with one attached hydrogen (secondary N) is 1. The van der Waals surface area contributed by atoms with E-state index in [-0.39, 0.29) is 0 Å². The molecule has 2 heterocycles. The number of rotatable bonds is 5. The molecule has 0 radical (unpaired) electrons. The first-order valence-corrected chi connectivity index (χ1v) is 11.5. The van der Waals surface area contributed by atoms with Crippen molar-refractivity contribution in [2.45, 2.75) is 32.2 Å². The van der Waals surface area contributed by atoms with Crippen molar-refractivity contribution in [2.24, 2.45) is 0 Å². The zero-order chi connectivity index (χ0) is 21.5. The number of H-pyrrole nitrogens is 1. The zero-order valence-corrected chi connectivity index (χ0v) is 18.7. The summed E-state index contributed by atoms with van der Waals surface area (Å²) in [6.07, 6.45) is 0. The van der Waals surface area contributed by atoms with E-state index in [0.29, 0.717) is 37.6 Å². The predicted octanol–water partition coefficient (Wildman–Crippen LogP) is 3.00. The van der Waals surface area contributed by atoms with Gasteiger partial charge < -0.3 is 9.72 Å². The summed E-state index contributed by atoms with van der Waals surface area (Å²) in [5.41, 5.74) is 4.55. The van der Waals surface area contributed by atoms with E-state index in [9.17, 15) is 8.42 Å². The van der Waals surface area contributed by atoms with Crippen LogP contribution in [0.2, 0.25) is 0 Å². The van der Waals surface area contributed by atoms with Gasteiger partial charge in [-0.2, -0.15) is 4.31 Å². The topological polar surface area (TPSA) is 78.5 Å². The van der Waals surface area contributed by atoms with Crippen LogP contribution in [0.3, 0.4) is 0 Å². The Kier molecular flexibility index (Phi) is 5.57. The highest BCUT2D eigenvalue weighted by atomic mass is 32.2. The van der Waals surface area contributed by atoms with Crippen LogP contribution in [0.15, 0.2) is 35.2 Å². The van der Waals surface area contributed by atoms with Crippen LogP contribution in [0.5, 0.6) is 5.75 Å². The van der Waals surface area contributed by atoms with E-state index in [4.69, 9.17) is 4.74 Å². The average molecular weight is 429 g/mol. The normalized spacial score (nSPS) is 16.3. The van der Waals surface area contributed by atoms with Crippen LogP contribution in [0, 0.1) is 20.8 Å². The van der Waals surface area contributed by atoms with Gasteiger partial charge in [-0.25, -0.2) is 13.4 Å². The van der Waals surface area contributed by atoms with E-state index in [0.717, 1.165) is 39.3 Å². The molecule has 0 spiro atoms. The number of hydrogen-bond donors (Lipinski definition) is 1. The quantitative estimate of drug-likeness (QED) is 0.676. The molecular weight excluding hydrogens is 400 g/mol. The van der Waals surface area contributed by atoms with Crippen LogP contribution in [0.25, 0.3) is 11.0 Å². The van der Waals surface area contributed by atoms with Gasteiger partial charge in [-0.15, -0.1) is 0 Å². The number of ether oxygens (including phenoxy) is 1. The first-order valence-electron chi connectivity index (χ1n) is 10.1. The fourth-order valence-corrected chi connectivity index (χ4v) is 6.12. The van der Waals surface area contributed by atoms with Crippen molar-refractivity contribution in [1.82, 2.24) is 19.2 Å². The van der Waals surface area contributed by atoms with Gasteiger partial charge in [0.05, 0.1) is 29.6 Å². The Labute approximate surface area is 177 Å². The third-order valence-corrected chi connectivity index (χ3v) is 7.85. The van der Waals surface area contributed by atoms with Crippen molar-refractivity contribution in [2.75, 3.05) is 33.3 Å². The number of hydrogen-bond acceptors (Lipinski definition) is 5. The molecule has 1 saturated heterocycles. The van der Waals surface area contributed by atoms with Crippen LogP contribution in [-0.2, 0) is 16.6 Å². The van der Waals surface area contributed by atoms with Gasteiger partial charge in [0, 0.05) is 32.2 Å². The van der Waals surface area contributed by atoms with Gasteiger partial charge in [0.15, 0.2) is 0 Å². The monoisotopic (exact) mass is 428 g/mol. The largest absolute Gasteiger partial charge is 0.497 e. The van der Waals surface area contributed by atoms with Crippen LogP contribution in [0.1, 0.15) is 22.5 Å². The summed E-state index contributed by atoms with van der Waals surface area (Å²) < 4.78 is 33.4. The Bertz CT molecular complexity index is 1160. The Morgan fingerprint density at radius 1 is 1.03 bits per heavy atom. The number of aromatic amines is 1. The standard InChI is InChI=1S/C22H28N4O3S/c1-15-11-16(2)22(17(3)12-15)30(27,28)26-9-7-25(8-10-26)14-21-23-19-6-5-18(29-4)13-20(19)24-21/h5-6,11-13H,7-10,14H2,1-4H3,(H,23,24). The van der Waals surface area contributed by atoms with Crippen molar-refractivity contribution in [1.29, 1.82) is 0 Å². The second kappa shape index (κ2) is 8.02. The number of nitrogens with zero attached hydrogens (tertiary/aromatic N) is 3. The lowest BCUT2D eigenvalue weighted by molar-refractivity contribution is 0.178. The van der Waals surface area contributed by atoms with Gasteiger partial charge in [-0.1, -0.05) is 17.7 Å². The maximum atomic E-state index is 13.3. The summed E-state index contributed by atoms with van der Waals surface area (Å²) >= 11 is 0. The molecule has 30 heavy (non-hydrogen) atoms. The van der Waals surface area contributed by atoms with E-state index in [1.54, 1.807) is 11.4 Å². The lowest BCUT2D eigenvalue weighted by atomic mass is 10.1. The Hall–Kier alpha value is -2.42. The maximum Gasteiger partial charge on any atom is 0.243 e. The third kappa shape index (κ3) is 3.95. The number of sulfonamides is 1. The highest BCUT2D eigenvalue weighted by Crippen LogP contribution is 2.26. The van der Waals surface area contributed by atoms with E-state index in [1.165, 1.54) is 0 Å². The number of fused-ring (bicyclic) bond motifs is 1. The molecule has 0 bridgehead atoms. The molecule has 1 aliphatic heterocycles. The molecule has 2 aromatic carbocycles. The molecular formula is C22H28N4O3S. The molecule has 1 aromatic heterocycles. The second-order valence-corrected chi connectivity index (χ2v) is 9.85. The number of aromatic nitrogens is 2. The van der Waals surface area contributed by atoms with Gasteiger partial charge in [-0.05, 0) is 44.0 Å². The molecule has 4 rings (SSSR count). The highest BCUT2D eigenvalue weighted by Gasteiger charge is 2.31. The molecule has 3 aromatic rings. The van der Waals surface area contributed by atoms with Crippen molar-refractivity contribution in [3.63, 3.8) is 0 Å². The van der Waals surface area contributed by atoms with Crippen molar-refractivity contribution >= 4 is 21.1 Å². The molecule has 0 atom stereocenters. The number of aryl methyl sites for hydroxylation is 3. The van der Waals surface area contributed by atoms with Crippen LogP contribution in [0.4, 0.5) is 0 Å². The number of imidazole rings is 1. The summed E-state index contributed by atoms with van der Waals surface area (Å²) in [7, 11) is -1.85. The Morgan fingerprint density at radius 3 is 2.33 bits per heavy atom. The van der Waals surface area contributed by atoms with E-state index in [1.807, 2.05) is 51.1 Å². The predicted molar refractivity (Wildman–Crippen MR) is 117 cm³/mol. The van der Waals surface area contributed by atoms with E-state index >= 15 is 0 Å². The number of piperazine rings is 1. The average Bonchev–Trinajstić information content (AvgIpc) is 3.08. The van der Waals surface area contributed by atoms with Gasteiger partial charge in [0.1, 0.15) is 11.6 Å². The van der Waals surface area contributed by atoms with E-state index in [2.05, 4.69) is 14.9 Å². The number of methoxy groups -OCH3 is 1. The molecule has 0 unspecified atom stereocenters. The lowest BCUT2D eigenvalue weighted by Crippen LogP contribution is -2.48. The van der Waals surface area contributed by atoms with Crippen LogP contribution < -0.4 is 4.74 Å². The molecule has 1 N–H and O–H groups in total. The fraction of sp³-hybridized carbons (Fsp3) is 0.409. The third-order valence-electron chi connectivity index (χ3n) is 5.65. The molecule has 1 aliphatic rings. The van der Waals surface area contributed by atoms with Gasteiger partial charge in [-0.3, -0.25) is 4.90 Å². The van der Waals surface area contributed by atoms with Crippen LogP contribution >= 0.6 is 0 Å². The molecule has 0 amide bonds. The van der Waals surface area contributed by atoms with E-state index < -0.39 is 10.0 Å². The Morgan fingerprint density at radius 2 is 1.70 bits per heavy atom. The minimum Gasteiger partial charge on any atom is -0.497 e. The number of benzene rings is 2. The molecule has 7 nitrogen and oxygen atoms in total. The van der Waals surface area contributed by atoms with Gasteiger partial charge >= 0.3 is 0 Å². The zero-order valence-electron chi connectivity index (χ0n) is 17.9. The fourth-order valence-electron chi connectivity index (χ4n) is 4.29. The van der Waals surface area contributed by atoms with Gasteiger partial charge in [0.2, 0.25) is 10.0 Å². The molecule has 8 heteroatoms. The summed E-state index contributed by atoms with van der Waals surface area (Å²) in [5.74, 6) is 1.66. The summed E-state index contributed by atoms with van der Waals surface area (Å²) in [4.78, 5) is 10.7. The summed E-state index contributed by atoms with van der Waals surface area (Å²) in [5, 5.41) is 0. The van der Waals surface area contributed by atoms with Crippen molar-refractivity contribution < 1.29 is 13.2 Å². The first kappa shape index (κ1) is 20.8. The lowest BCUT2D eigenvalue weighted by Gasteiger charge is -2.34.